The molecule has 6 heteroatoms. The van der Waals surface area contributed by atoms with Gasteiger partial charge < -0.3 is 9.30 Å². The lowest BCUT2D eigenvalue weighted by molar-refractivity contribution is 0.0956. The molecule has 1 N–H and O–H groups in total. The Hall–Kier alpha value is -2.79. The number of aromatic nitrogens is 1. The van der Waals surface area contributed by atoms with E-state index < -0.39 is 0 Å². The molecule has 1 amide bonds. The first-order valence-electron chi connectivity index (χ1n) is 7.73. The van der Waals surface area contributed by atoms with E-state index in [4.69, 9.17) is 16.3 Å². The third kappa shape index (κ3) is 3.37. The summed E-state index contributed by atoms with van der Waals surface area (Å²) in [5, 5.41) is 5.53. The number of ether oxygens (including phenoxy) is 1. The van der Waals surface area contributed by atoms with Gasteiger partial charge in [0.1, 0.15) is 5.75 Å². The number of benzene rings is 2. The van der Waals surface area contributed by atoms with Crippen LogP contribution in [0.5, 0.6) is 5.75 Å². The van der Waals surface area contributed by atoms with Crippen molar-refractivity contribution in [1.29, 1.82) is 0 Å². The Bertz CT molecular complexity index is 959. The lowest BCUT2D eigenvalue weighted by Crippen LogP contribution is -2.18. The van der Waals surface area contributed by atoms with Gasteiger partial charge in [-0.1, -0.05) is 23.7 Å². The molecule has 3 aromatic rings. The van der Waals surface area contributed by atoms with E-state index in [0.29, 0.717) is 16.3 Å². The van der Waals surface area contributed by atoms with Crippen LogP contribution in [0.15, 0.2) is 47.6 Å². The molecule has 0 aliphatic rings. The van der Waals surface area contributed by atoms with Gasteiger partial charge in [0.2, 0.25) is 0 Å². The van der Waals surface area contributed by atoms with E-state index in [9.17, 15) is 4.79 Å². The van der Waals surface area contributed by atoms with Crippen LogP contribution in [-0.4, -0.2) is 23.8 Å². The molecule has 0 bridgehead atoms. The lowest BCUT2D eigenvalue weighted by atomic mass is 10.1. The lowest BCUT2D eigenvalue weighted by Gasteiger charge is -2.02. The predicted octanol–water partition coefficient (Wildman–Crippen LogP) is 3.91. The molecule has 3 rings (SSSR count). The second kappa shape index (κ2) is 6.99. The van der Waals surface area contributed by atoms with E-state index >= 15 is 0 Å². The monoisotopic (exact) mass is 355 g/mol. The van der Waals surface area contributed by atoms with Crippen LogP contribution in [-0.2, 0) is 7.05 Å². The van der Waals surface area contributed by atoms with Gasteiger partial charge >= 0.3 is 0 Å². The van der Waals surface area contributed by atoms with Crippen molar-refractivity contribution in [2.75, 3.05) is 7.11 Å². The van der Waals surface area contributed by atoms with E-state index in [1.807, 2.05) is 48.9 Å². The van der Waals surface area contributed by atoms with Gasteiger partial charge in [-0.25, -0.2) is 5.43 Å². The molecule has 0 spiro atoms. The Balaban J connectivity index is 1.88. The van der Waals surface area contributed by atoms with Gasteiger partial charge in [-0.2, -0.15) is 5.10 Å². The molecule has 0 fully saturated rings. The molecule has 0 unspecified atom stereocenters. The van der Waals surface area contributed by atoms with E-state index in [1.165, 1.54) is 0 Å². The number of rotatable bonds is 4. The van der Waals surface area contributed by atoms with Crippen molar-refractivity contribution in [3.05, 3.63) is 64.3 Å². The summed E-state index contributed by atoms with van der Waals surface area (Å²) in [6.07, 6.45) is 1.58. The molecule has 2 aromatic carbocycles. The van der Waals surface area contributed by atoms with Crippen LogP contribution in [0.1, 0.15) is 21.6 Å². The van der Waals surface area contributed by atoms with Gasteiger partial charge in [-0.15, -0.1) is 0 Å². The van der Waals surface area contributed by atoms with Crippen LogP contribution in [0, 0.1) is 6.92 Å². The largest absolute Gasteiger partial charge is 0.497 e. The summed E-state index contributed by atoms with van der Waals surface area (Å²) in [5.74, 6) is 0.443. The van der Waals surface area contributed by atoms with Gasteiger partial charge in [-0.3, -0.25) is 4.79 Å². The smallest absolute Gasteiger partial charge is 0.273 e. The van der Waals surface area contributed by atoms with E-state index in [-0.39, 0.29) is 5.91 Å². The molecule has 0 atom stereocenters. The molecule has 0 aliphatic heterocycles. The van der Waals surface area contributed by atoms with Crippen molar-refractivity contribution < 1.29 is 9.53 Å². The van der Waals surface area contributed by atoms with Crippen LogP contribution in [0.3, 0.4) is 0 Å². The highest BCUT2D eigenvalue weighted by atomic mass is 35.5. The summed E-state index contributed by atoms with van der Waals surface area (Å²) in [5.41, 5.74) is 5.85. The van der Waals surface area contributed by atoms with E-state index in [2.05, 4.69) is 10.5 Å². The topological polar surface area (TPSA) is 55.6 Å². The number of methoxy groups -OCH3 is 1. The van der Waals surface area contributed by atoms with Crippen LogP contribution >= 0.6 is 11.6 Å². The number of hydrazone groups is 1. The minimum atomic E-state index is -0.262. The maximum absolute atomic E-state index is 12.6. The molecular formula is C19H18ClN3O2. The number of fused-ring (bicyclic) bond motifs is 1. The van der Waals surface area contributed by atoms with Crippen LogP contribution in [0.4, 0.5) is 0 Å². The van der Waals surface area contributed by atoms with E-state index in [0.717, 1.165) is 22.2 Å². The summed E-state index contributed by atoms with van der Waals surface area (Å²) in [6.45, 7) is 1.91. The molecule has 0 radical (unpaired) electrons. The number of carbonyl (C=O) groups is 1. The first-order valence-corrected chi connectivity index (χ1v) is 8.11. The molecule has 1 aromatic heterocycles. The zero-order valence-corrected chi connectivity index (χ0v) is 15.0. The fraction of sp³-hybridized carbons (Fsp3) is 0.158. The number of halogens is 1. The van der Waals surface area contributed by atoms with Crippen molar-refractivity contribution in [3.8, 4) is 5.75 Å². The maximum atomic E-state index is 12.6. The Morgan fingerprint density at radius 3 is 2.64 bits per heavy atom. The zero-order chi connectivity index (χ0) is 18.0. The molecule has 128 valence electrons. The second-order valence-electron chi connectivity index (χ2n) is 5.65. The minimum absolute atomic E-state index is 0.262. The average Bonchev–Trinajstić information content (AvgIpc) is 2.87. The first-order chi connectivity index (χ1) is 12.0. The number of amides is 1. The molecule has 0 aliphatic carbocycles. The van der Waals surface area contributed by atoms with Gasteiger partial charge in [0.15, 0.2) is 0 Å². The van der Waals surface area contributed by atoms with Crippen molar-refractivity contribution in [3.63, 3.8) is 0 Å². The van der Waals surface area contributed by atoms with Crippen LogP contribution in [0.2, 0.25) is 5.02 Å². The standard InChI is InChI=1S/C19H18ClN3O2/c1-12-18(16-10-15(25-3)8-9-17(16)23(12)2)19(24)22-21-11-13-4-6-14(20)7-5-13/h4-11H,1-3H3,(H,22,24)/b21-11-. The van der Waals surface area contributed by atoms with Crippen LogP contribution < -0.4 is 10.2 Å². The Kier molecular flexibility index (Phi) is 4.76. The van der Waals surface area contributed by atoms with Crippen molar-refractivity contribution in [2.24, 2.45) is 12.1 Å². The zero-order valence-electron chi connectivity index (χ0n) is 14.2. The number of hydrogen-bond acceptors (Lipinski definition) is 3. The Morgan fingerprint density at radius 1 is 1.24 bits per heavy atom. The molecule has 25 heavy (non-hydrogen) atoms. The first kappa shape index (κ1) is 17.0. The molecule has 1 heterocycles. The summed E-state index contributed by atoms with van der Waals surface area (Å²) < 4.78 is 7.25. The molecule has 0 saturated heterocycles. The Labute approximate surface area is 150 Å². The van der Waals surface area contributed by atoms with Crippen molar-refractivity contribution in [2.45, 2.75) is 6.92 Å². The fourth-order valence-electron chi connectivity index (χ4n) is 2.73. The molecular weight excluding hydrogens is 338 g/mol. The SMILES string of the molecule is COc1ccc2c(c1)c(C(=O)N/N=C\c1ccc(Cl)cc1)c(C)n2C. The van der Waals surface area contributed by atoms with Crippen molar-refractivity contribution in [1.82, 2.24) is 9.99 Å². The van der Waals surface area contributed by atoms with Crippen LogP contribution in [0.25, 0.3) is 10.9 Å². The third-order valence-electron chi connectivity index (χ3n) is 4.18. The summed E-state index contributed by atoms with van der Waals surface area (Å²) in [6, 6.07) is 12.9. The fourth-order valence-corrected chi connectivity index (χ4v) is 2.86. The van der Waals surface area contributed by atoms with Crippen molar-refractivity contribution >= 4 is 34.6 Å². The minimum Gasteiger partial charge on any atom is -0.497 e. The predicted molar refractivity (Wildman–Crippen MR) is 101 cm³/mol. The van der Waals surface area contributed by atoms with E-state index in [1.54, 1.807) is 25.5 Å². The van der Waals surface area contributed by atoms with Gasteiger partial charge in [0.25, 0.3) is 5.91 Å². The number of hydrogen-bond donors (Lipinski definition) is 1. The van der Waals surface area contributed by atoms with Gasteiger partial charge in [-0.05, 0) is 42.8 Å². The summed E-state index contributed by atoms with van der Waals surface area (Å²) in [4.78, 5) is 12.6. The highest BCUT2D eigenvalue weighted by Crippen LogP contribution is 2.28. The maximum Gasteiger partial charge on any atom is 0.273 e. The number of carbonyl (C=O) groups excluding carboxylic acids is 1. The molecule has 0 saturated carbocycles. The number of aryl methyl sites for hydroxylation is 1. The quantitative estimate of drug-likeness (QED) is 0.569. The van der Waals surface area contributed by atoms with Gasteiger partial charge in [0, 0.05) is 28.7 Å². The highest BCUT2D eigenvalue weighted by Gasteiger charge is 2.18. The number of nitrogens with one attached hydrogen (secondary N) is 1. The normalized spacial score (nSPS) is 11.2. The van der Waals surface area contributed by atoms with Gasteiger partial charge in [0.05, 0.1) is 18.9 Å². The average molecular weight is 356 g/mol. The summed E-state index contributed by atoms with van der Waals surface area (Å²) >= 11 is 5.85. The Morgan fingerprint density at radius 2 is 1.96 bits per heavy atom. The number of nitrogens with zero attached hydrogens (tertiary/aromatic N) is 2. The second-order valence-corrected chi connectivity index (χ2v) is 6.09. The highest BCUT2D eigenvalue weighted by molar-refractivity contribution is 6.30. The summed E-state index contributed by atoms with van der Waals surface area (Å²) in [7, 11) is 3.53. The molecule has 5 nitrogen and oxygen atoms in total. The third-order valence-corrected chi connectivity index (χ3v) is 4.43.